The van der Waals surface area contributed by atoms with E-state index in [1.165, 1.54) is 0 Å². The number of aromatic nitrogens is 1. The Morgan fingerprint density at radius 3 is 2.43 bits per heavy atom. The Morgan fingerprint density at radius 2 is 1.96 bits per heavy atom. The van der Waals surface area contributed by atoms with E-state index in [1.807, 2.05) is 43.3 Å². The molecule has 0 aliphatic heterocycles. The average Bonchev–Trinajstić information content (AvgIpc) is 3.35. The maximum atomic E-state index is 11.2. The van der Waals surface area contributed by atoms with Gasteiger partial charge in [0, 0.05) is 17.4 Å². The molecule has 23 heavy (non-hydrogen) atoms. The molecule has 1 amide bonds. The van der Waals surface area contributed by atoms with Crippen molar-refractivity contribution in [2.45, 2.75) is 25.9 Å². The molecule has 0 radical (unpaired) electrons. The van der Waals surface area contributed by atoms with Crippen molar-refractivity contribution in [3.63, 3.8) is 0 Å². The van der Waals surface area contributed by atoms with E-state index in [-0.39, 0.29) is 0 Å². The van der Waals surface area contributed by atoms with Gasteiger partial charge in [0.15, 0.2) is 0 Å². The van der Waals surface area contributed by atoms with Gasteiger partial charge < -0.3 is 5.32 Å². The third-order valence-electron chi connectivity index (χ3n) is 3.44. The second-order valence-corrected chi connectivity index (χ2v) is 5.32. The van der Waals surface area contributed by atoms with Gasteiger partial charge in [-0.05, 0) is 49.6 Å². The van der Waals surface area contributed by atoms with Crippen molar-refractivity contribution in [1.82, 2.24) is 4.98 Å². The lowest BCUT2D eigenvalue weighted by molar-refractivity contribution is -0.147. The summed E-state index contributed by atoms with van der Waals surface area (Å²) in [6.07, 6.45) is -0.755. The summed E-state index contributed by atoms with van der Waals surface area (Å²) in [4.78, 5) is 14.7. The first-order valence-electron chi connectivity index (χ1n) is 7.21. The van der Waals surface area contributed by atoms with Crippen molar-refractivity contribution in [2.75, 3.05) is 5.32 Å². The molecule has 1 N–H and O–H groups in total. The van der Waals surface area contributed by atoms with Gasteiger partial charge in [0.05, 0.1) is 11.6 Å². The van der Waals surface area contributed by atoms with Crippen LogP contribution in [0.4, 0.5) is 18.9 Å². The smallest absolute Gasteiger partial charge is 0.329 e. The van der Waals surface area contributed by atoms with Gasteiger partial charge in [-0.25, -0.2) is 0 Å². The fourth-order valence-electron chi connectivity index (χ4n) is 1.99. The fourth-order valence-corrected chi connectivity index (χ4v) is 1.99. The highest BCUT2D eigenvalue weighted by Gasteiger charge is 2.46. The van der Waals surface area contributed by atoms with Crippen LogP contribution in [0.5, 0.6) is 0 Å². The Labute approximate surface area is 132 Å². The molecule has 1 aliphatic rings. The highest BCUT2D eigenvalue weighted by molar-refractivity contribution is 5.76. The zero-order valence-electron chi connectivity index (χ0n) is 12.6. The number of hydrogen-bond donors (Lipinski definition) is 1. The predicted molar refractivity (Wildman–Crippen MR) is 82.9 cm³/mol. The first kappa shape index (κ1) is 17.0. The highest BCUT2D eigenvalue weighted by atomic mass is 19.4. The van der Waals surface area contributed by atoms with E-state index in [9.17, 15) is 18.0 Å². The third kappa shape index (κ3) is 5.09. The minimum Gasteiger partial charge on any atom is -0.329 e. The van der Waals surface area contributed by atoms with Crippen LogP contribution in [0.25, 0.3) is 11.3 Å². The monoisotopic (exact) mass is 322 g/mol. The van der Waals surface area contributed by atoms with E-state index in [2.05, 4.69) is 10.3 Å². The summed E-state index contributed by atoms with van der Waals surface area (Å²) >= 11 is 0. The molecule has 1 aromatic heterocycles. The summed E-state index contributed by atoms with van der Waals surface area (Å²) < 4.78 is 33.7. The van der Waals surface area contributed by atoms with E-state index in [0.29, 0.717) is 19.3 Å². The van der Waals surface area contributed by atoms with Crippen LogP contribution in [0.15, 0.2) is 42.6 Å². The Kier molecular flexibility index (Phi) is 5.36. The van der Waals surface area contributed by atoms with Crippen molar-refractivity contribution in [3.05, 3.63) is 48.2 Å². The second-order valence-electron chi connectivity index (χ2n) is 5.32. The van der Waals surface area contributed by atoms with Crippen LogP contribution in [0.3, 0.4) is 0 Å². The molecular weight excluding hydrogens is 305 g/mol. The molecule has 3 rings (SSSR count). The van der Waals surface area contributed by atoms with Crippen molar-refractivity contribution in [1.29, 1.82) is 0 Å². The number of rotatable bonds is 3. The molecule has 6 heteroatoms. The maximum Gasteiger partial charge on any atom is 0.391 e. The molecule has 2 aromatic rings. The Bertz CT molecular complexity index is 653. The zero-order valence-corrected chi connectivity index (χ0v) is 12.6. The summed E-state index contributed by atoms with van der Waals surface area (Å²) in [5.74, 6) is -0.951. The van der Waals surface area contributed by atoms with Crippen LogP contribution in [-0.2, 0) is 4.79 Å². The molecular formula is C17H17F3N2O. The number of benzene rings is 1. The average molecular weight is 322 g/mol. The standard InChI is InChI=1S/C13H12N2O.C4H5F3/c1-10-5-6-11(15-9-16)8-12(10)13-4-2-3-7-14-13;5-4(6,7)3-1-2-3/h2-9H,1H3,(H,15,16);3H,1-2H2. The first-order chi connectivity index (χ1) is 10.9. The lowest BCUT2D eigenvalue weighted by Gasteiger charge is -2.07. The number of pyridine rings is 1. The number of anilines is 1. The quantitative estimate of drug-likeness (QED) is 0.840. The molecule has 122 valence electrons. The van der Waals surface area contributed by atoms with E-state index in [0.717, 1.165) is 22.5 Å². The number of carbonyl (C=O) groups excluding carboxylic acids is 1. The normalized spacial score (nSPS) is 13.7. The third-order valence-corrected chi connectivity index (χ3v) is 3.44. The molecule has 3 nitrogen and oxygen atoms in total. The molecule has 1 saturated carbocycles. The SMILES string of the molecule is Cc1ccc(NC=O)cc1-c1ccccn1.FC(F)(F)C1CC1. The molecule has 1 aromatic carbocycles. The number of carbonyl (C=O) groups is 1. The molecule has 1 heterocycles. The van der Waals surface area contributed by atoms with Crippen LogP contribution < -0.4 is 5.32 Å². The molecule has 0 atom stereocenters. The number of halogens is 3. The van der Waals surface area contributed by atoms with Crippen molar-refractivity contribution in [2.24, 2.45) is 5.92 Å². The summed E-state index contributed by atoms with van der Waals surface area (Å²) in [5.41, 5.74) is 3.86. The predicted octanol–water partition coefficient (Wildman–Crippen LogP) is 4.58. The van der Waals surface area contributed by atoms with Gasteiger partial charge in [-0.2, -0.15) is 13.2 Å². The molecule has 0 unspecified atom stereocenters. The highest BCUT2D eigenvalue weighted by Crippen LogP contribution is 2.43. The van der Waals surface area contributed by atoms with Gasteiger partial charge in [0.1, 0.15) is 0 Å². The number of nitrogens with one attached hydrogen (secondary N) is 1. The minimum atomic E-state index is -3.89. The number of nitrogens with zero attached hydrogens (tertiary/aromatic N) is 1. The number of hydrogen-bond acceptors (Lipinski definition) is 2. The van der Waals surface area contributed by atoms with E-state index < -0.39 is 12.1 Å². The molecule has 0 saturated heterocycles. The number of aryl methyl sites for hydroxylation is 1. The van der Waals surface area contributed by atoms with Gasteiger partial charge in [0.25, 0.3) is 0 Å². The zero-order chi connectivity index (χ0) is 16.9. The van der Waals surface area contributed by atoms with Gasteiger partial charge in [-0.1, -0.05) is 12.1 Å². The molecule has 1 fully saturated rings. The second kappa shape index (κ2) is 7.26. The van der Waals surface area contributed by atoms with Crippen molar-refractivity contribution >= 4 is 12.1 Å². The van der Waals surface area contributed by atoms with Crippen molar-refractivity contribution < 1.29 is 18.0 Å². The van der Waals surface area contributed by atoms with E-state index >= 15 is 0 Å². The van der Waals surface area contributed by atoms with Crippen molar-refractivity contribution in [3.8, 4) is 11.3 Å². The van der Waals surface area contributed by atoms with E-state index in [1.54, 1.807) is 6.20 Å². The first-order valence-corrected chi connectivity index (χ1v) is 7.21. The van der Waals surface area contributed by atoms with Crippen LogP contribution >= 0.6 is 0 Å². The summed E-state index contributed by atoms with van der Waals surface area (Å²) in [5, 5.41) is 2.64. The van der Waals surface area contributed by atoms with Gasteiger partial charge in [-0.15, -0.1) is 0 Å². The van der Waals surface area contributed by atoms with Crippen LogP contribution in [0.1, 0.15) is 18.4 Å². The molecule has 1 aliphatic carbocycles. The Hall–Kier alpha value is -2.37. The largest absolute Gasteiger partial charge is 0.391 e. The van der Waals surface area contributed by atoms with Gasteiger partial charge in [-0.3, -0.25) is 9.78 Å². The van der Waals surface area contributed by atoms with Gasteiger partial charge in [0.2, 0.25) is 6.41 Å². The summed E-state index contributed by atoms with van der Waals surface area (Å²) in [7, 11) is 0. The fraction of sp³-hybridized carbons (Fsp3) is 0.294. The molecule has 0 bridgehead atoms. The lowest BCUT2D eigenvalue weighted by atomic mass is 10.0. The van der Waals surface area contributed by atoms with Crippen LogP contribution in [0.2, 0.25) is 0 Å². The topological polar surface area (TPSA) is 42.0 Å². The lowest BCUT2D eigenvalue weighted by Crippen LogP contribution is -2.08. The summed E-state index contributed by atoms with van der Waals surface area (Å²) in [6.45, 7) is 2.02. The van der Waals surface area contributed by atoms with Crippen LogP contribution in [-0.4, -0.2) is 17.6 Å². The van der Waals surface area contributed by atoms with Crippen LogP contribution in [0, 0.1) is 12.8 Å². The maximum absolute atomic E-state index is 11.2. The Balaban J connectivity index is 0.000000229. The number of amides is 1. The number of alkyl halides is 3. The Morgan fingerprint density at radius 1 is 1.22 bits per heavy atom. The van der Waals surface area contributed by atoms with Gasteiger partial charge >= 0.3 is 6.18 Å². The van der Waals surface area contributed by atoms with E-state index in [4.69, 9.17) is 0 Å². The summed E-state index contributed by atoms with van der Waals surface area (Å²) in [6, 6.07) is 11.5. The minimum absolute atomic E-state index is 0.351. The molecule has 0 spiro atoms.